The number of benzene rings is 2. The lowest BCUT2D eigenvalue weighted by Crippen LogP contribution is -2.41. The Morgan fingerprint density at radius 2 is 1.92 bits per heavy atom. The van der Waals surface area contributed by atoms with Crippen LogP contribution >= 0.6 is 35.0 Å². The SMILES string of the molecule is C[C@H]1CC2(CCN(c3cnc(Sc4cccc(NC(=O)c5cccc(F)c5Cl)c4Cl)cn3)CC2)CO1. The van der Waals surface area contributed by atoms with Crippen molar-refractivity contribution in [3.63, 3.8) is 0 Å². The lowest BCUT2D eigenvalue weighted by Gasteiger charge is -2.38. The van der Waals surface area contributed by atoms with Crippen LogP contribution in [0.25, 0.3) is 0 Å². The standard InChI is InChI=1S/C26H25Cl2FN4O2S/c1-16-12-26(15-35-16)8-10-33(11-9-26)21-13-31-22(14-30-21)36-20-7-3-6-19(24(20)28)32-25(34)17-4-2-5-18(29)23(17)27/h2-7,13-14,16H,8-12,15H2,1H3,(H,32,34)/t16-/m0/s1. The summed E-state index contributed by atoms with van der Waals surface area (Å²) in [7, 11) is 0. The zero-order chi connectivity index (χ0) is 25.3. The number of hydrogen-bond donors (Lipinski definition) is 1. The van der Waals surface area contributed by atoms with E-state index in [1.54, 1.807) is 24.5 Å². The molecule has 5 rings (SSSR count). The molecular weight excluding hydrogens is 522 g/mol. The van der Waals surface area contributed by atoms with E-state index in [2.05, 4.69) is 27.1 Å². The fourth-order valence-electron chi connectivity index (χ4n) is 4.80. The van der Waals surface area contributed by atoms with Crippen LogP contribution in [0.15, 0.2) is 58.7 Å². The van der Waals surface area contributed by atoms with Gasteiger partial charge in [0.1, 0.15) is 16.7 Å². The van der Waals surface area contributed by atoms with Crippen LogP contribution < -0.4 is 10.2 Å². The molecule has 0 aliphatic carbocycles. The topological polar surface area (TPSA) is 67.4 Å². The summed E-state index contributed by atoms with van der Waals surface area (Å²) in [6.45, 7) is 4.90. The van der Waals surface area contributed by atoms with E-state index in [4.69, 9.17) is 27.9 Å². The van der Waals surface area contributed by atoms with E-state index in [-0.39, 0.29) is 10.6 Å². The molecule has 1 amide bonds. The molecule has 2 fully saturated rings. The predicted octanol–water partition coefficient (Wildman–Crippen LogP) is 6.72. The fourth-order valence-corrected chi connectivity index (χ4v) is 6.08. The molecule has 3 aromatic rings. The Bertz CT molecular complexity index is 1270. The molecule has 36 heavy (non-hydrogen) atoms. The van der Waals surface area contributed by atoms with Crippen LogP contribution in [0.3, 0.4) is 0 Å². The molecule has 0 unspecified atom stereocenters. The molecule has 1 atom stereocenters. The first-order valence-electron chi connectivity index (χ1n) is 11.7. The highest BCUT2D eigenvalue weighted by Gasteiger charge is 2.41. The number of aromatic nitrogens is 2. The molecule has 188 valence electrons. The molecule has 0 bridgehead atoms. The van der Waals surface area contributed by atoms with Crippen LogP contribution in [0, 0.1) is 11.2 Å². The zero-order valence-corrected chi connectivity index (χ0v) is 22.0. The van der Waals surface area contributed by atoms with Crippen LogP contribution in [-0.2, 0) is 4.74 Å². The second kappa shape index (κ2) is 10.5. The summed E-state index contributed by atoms with van der Waals surface area (Å²) < 4.78 is 19.6. The Balaban J connectivity index is 1.23. The van der Waals surface area contributed by atoms with Gasteiger partial charge < -0.3 is 15.0 Å². The molecule has 3 heterocycles. The van der Waals surface area contributed by atoms with E-state index in [1.807, 2.05) is 6.07 Å². The molecule has 2 aliphatic heterocycles. The minimum absolute atomic E-state index is 0.0332. The number of nitrogens with one attached hydrogen (secondary N) is 1. The number of nitrogens with zero attached hydrogens (tertiary/aromatic N) is 3. The number of rotatable bonds is 5. The first-order valence-corrected chi connectivity index (χ1v) is 13.3. The Labute approximate surface area is 223 Å². The summed E-state index contributed by atoms with van der Waals surface area (Å²) in [5.74, 6) is -0.345. The third-order valence-corrected chi connectivity index (χ3v) is 8.66. The van der Waals surface area contributed by atoms with Crippen molar-refractivity contribution in [2.75, 3.05) is 29.9 Å². The van der Waals surface area contributed by atoms with Gasteiger partial charge in [0.2, 0.25) is 0 Å². The average Bonchev–Trinajstić information content (AvgIpc) is 3.24. The minimum Gasteiger partial charge on any atom is -0.378 e. The number of anilines is 2. The number of piperidine rings is 1. The van der Waals surface area contributed by atoms with Crippen molar-refractivity contribution in [2.45, 2.75) is 42.2 Å². The average molecular weight is 547 g/mol. The molecule has 1 spiro atoms. The van der Waals surface area contributed by atoms with Gasteiger partial charge in [0.15, 0.2) is 0 Å². The molecule has 0 radical (unpaired) electrons. The highest BCUT2D eigenvalue weighted by molar-refractivity contribution is 7.99. The van der Waals surface area contributed by atoms with Gasteiger partial charge in [-0.05, 0) is 55.9 Å². The minimum atomic E-state index is -0.659. The molecule has 2 saturated heterocycles. The molecule has 0 saturated carbocycles. The van der Waals surface area contributed by atoms with Crippen molar-refractivity contribution in [1.82, 2.24) is 9.97 Å². The van der Waals surface area contributed by atoms with Crippen molar-refractivity contribution in [3.8, 4) is 0 Å². The van der Waals surface area contributed by atoms with Crippen LogP contribution in [-0.4, -0.2) is 41.7 Å². The Kier molecular flexibility index (Phi) is 7.40. The van der Waals surface area contributed by atoms with Crippen molar-refractivity contribution >= 4 is 52.4 Å². The molecule has 6 nitrogen and oxygen atoms in total. The first-order chi connectivity index (χ1) is 17.3. The summed E-state index contributed by atoms with van der Waals surface area (Å²) in [4.78, 5) is 24.8. The van der Waals surface area contributed by atoms with E-state index in [9.17, 15) is 9.18 Å². The second-order valence-corrected chi connectivity index (χ2v) is 11.1. The van der Waals surface area contributed by atoms with Crippen LogP contribution in [0.5, 0.6) is 0 Å². The third kappa shape index (κ3) is 5.32. The number of hydrogen-bond acceptors (Lipinski definition) is 6. The van der Waals surface area contributed by atoms with E-state index in [1.165, 1.54) is 30.0 Å². The van der Waals surface area contributed by atoms with Gasteiger partial charge in [-0.2, -0.15) is 0 Å². The van der Waals surface area contributed by atoms with E-state index in [0.717, 1.165) is 44.8 Å². The molecule has 10 heteroatoms. The second-order valence-electron chi connectivity index (χ2n) is 9.30. The maximum atomic E-state index is 13.7. The van der Waals surface area contributed by atoms with E-state index >= 15 is 0 Å². The summed E-state index contributed by atoms with van der Waals surface area (Å²) in [6, 6.07) is 9.36. The quantitative estimate of drug-likeness (QED) is 0.383. The van der Waals surface area contributed by atoms with Gasteiger partial charge in [0.05, 0.1) is 46.4 Å². The maximum Gasteiger partial charge on any atom is 0.257 e. The number of carbonyl (C=O) groups is 1. The highest BCUT2D eigenvalue weighted by atomic mass is 35.5. The number of carbonyl (C=O) groups excluding carboxylic acids is 1. The Morgan fingerprint density at radius 3 is 2.61 bits per heavy atom. The number of ether oxygens (including phenoxy) is 1. The van der Waals surface area contributed by atoms with Gasteiger partial charge >= 0.3 is 0 Å². The lowest BCUT2D eigenvalue weighted by molar-refractivity contribution is 0.0975. The molecule has 2 aromatic carbocycles. The van der Waals surface area contributed by atoms with Crippen LogP contribution in [0.4, 0.5) is 15.9 Å². The summed E-state index contributed by atoms with van der Waals surface area (Å²) >= 11 is 13.9. The zero-order valence-electron chi connectivity index (χ0n) is 19.6. The smallest absolute Gasteiger partial charge is 0.257 e. The first kappa shape index (κ1) is 25.3. The fraction of sp³-hybridized carbons (Fsp3) is 0.346. The van der Waals surface area contributed by atoms with E-state index in [0.29, 0.717) is 32.2 Å². The van der Waals surface area contributed by atoms with Crippen molar-refractivity contribution in [3.05, 3.63) is 70.2 Å². The number of halogens is 3. The Hall–Kier alpha value is -2.39. The van der Waals surface area contributed by atoms with Gasteiger partial charge in [0.25, 0.3) is 5.91 Å². The van der Waals surface area contributed by atoms with Gasteiger partial charge in [-0.15, -0.1) is 0 Å². The van der Waals surface area contributed by atoms with Crippen molar-refractivity contribution in [1.29, 1.82) is 0 Å². The monoisotopic (exact) mass is 546 g/mol. The molecule has 2 aliphatic rings. The van der Waals surface area contributed by atoms with Crippen molar-refractivity contribution in [2.24, 2.45) is 5.41 Å². The van der Waals surface area contributed by atoms with Gasteiger partial charge in [-0.1, -0.05) is 47.1 Å². The predicted molar refractivity (Wildman–Crippen MR) is 141 cm³/mol. The lowest BCUT2D eigenvalue weighted by atomic mass is 9.77. The van der Waals surface area contributed by atoms with E-state index < -0.39 is 11.7 Å². The Morgan fingerprint density at radius 1 is 1.14 bits per heavy atom. The molecule has 1 N–H and O–H groups in total. The highest BCUT2D eigenvalue weighted by Crippen LogP contribution is 2.42. The summed E-state index contributed by atoms with van der Waals surface area (Å²) in [5.41, 5.74) is 0.742. The van der Waals surface area contributed by atoms with Crippen LogP contribution in [0.1, 0.15) is 36.5 Å². The number of amides is 1. The van der Waals surface area contributed by atoms with Gasteiger partial charge in [-0.25, -0.2) is 14.4 Å². The van der Waals surface area contributed by atoms with Gasteiger partial charge in [0, 0.05) is 18.0 Å². The maximum absolute atomic E-state index is 13.7. The molecular formula is C26H25Cl2FN4O2S. The van der Waals surface area contributed by atoms with Crippen molar-refractivity contribution < 1.29 is 13.9 Å². The van der Waals surface area contributed by atoms with Gasteiger partial charge in [-0.3, -0.25) is 4.79 Å². The molecule has 1 aromatic heterocycles. The summed E-state index contributed by atoms with van der Waals surface area (Å²) in [6.07, 6.45) is 7.22. The normalized spacial score (nSPS) is 19.0. The van der Waals surface area contributed by atoms with Crippen LogP contribution in [0.2, 0.25) is 10.0 Å². The largest absolute Gasteiger partial charge is 0.378 e. The third-order valence-electron chi connectivity index (χ3n) is 6.78. The summed E-state index contributed by atoms with van der Waals surface area (Å²) in [5, 5.41) is 3.51.